The van der Waals surface area contributed by atoms with Crippen LogP contribution in [0.3, 0.4) is 0 Å². The Kier molecular flexibility index (Phi) is 5.57. The van der Waals surface area contributed by atoms with E-state index in [2.05, 4.69) is 10.4 Å². The van der Waals surface area contributed by atoms with Crippen LogP contribution in [0.1, 0.15) is 17.3 Å². The molecule has 5 rings (SSSR count). The molecule has 10 heteroatoms. The fourth-order valence-corrected chi connectivity index (χ4v) is 4.78. The number of carbonyl (C=O) groups excluding carboxylic acids is 1. The minimum absolute atomic E-state index is 0.0185. The van der Waals surface area contributed by atoms with Crippen LogP contribution in [0.5, 0.6) is 0 Å². The SMILES string of the molecule is O=C1NC(SCc2ccccc2Cl)=NN2C1=c1ccccc1=NC2c1ccc([N+](=O)[O-])cc1. The van der Waals surface area contributed by atoms with Gasteiger partial charge in [-0.2, -0.15) is 0 Å². The normalized spacial score (nSPS) is 16.8. The van der Waals surface area contributed by atoms with Crippen LogP contribution in [-0.4, -0.2) is 21.0 Å². The van der Waals surface area contributed by atoms with Crippen molar-refractivity contribution in [3.63, 3.8) is 0 Å². The van der Waals surface area contributed by atoms with E-state index in [0.29, 0.717) is 37.8 Å². The number of nitrogens with zero attached hydrogens (tertiary/aromatic N) is 4. The van der Waals surface area contributed by atoms with Gasteiger partial charge in [-0.3, -0.25) is 25.2 Å². The summed E-state index contributed by atoms with van der Waals surface area (Å²) in [6, 6.07) is 21.0. The van der Waals surface area contributed by atoms with Gasteiger partial charge < -0.3 is 0 Å². The highest BCUT2D eigenvalue weighted by Crippen LogP contribution is 2.32. The molecule has 0 saturated carbocycles. The molecule has 0 fully saturated rings. The Labute approximate surface area is 197 Å². The number of para-hydroxylation sites is 1. The molecule has 0 saturated heterocycles. The van der Waals surface area contributed by atoms with Gasteiger partial charge in [0.2, 0.25) is 0 Å². The van der Waals surface area contributed by atoms with Gasteiger partial charge in [-0.25, -0.2) is 5.01 Å². The lowest BCUT2D eigenvalue weighted by Gasteiger charge is -2.34. The number of hydrogen-bond acceptors (Lipinski definition) is 7. The quantitative estimate of drug-likeness (QED) is 0.459. The predicted octanol–water partition coefficient (Wildman–Crippen LogP) is 3.32. The van der Waals surface area contributed by atoms with Crippen molar-refractivity contribution in [3.8, 4) is 0 Å². The molecule has 0 bridgehead atoms. The van der Waals surface area contributed by atoms with Crippen molar-refractivity contribution in [3.05, 3.63) is 110 Å². The fraction of sp³-hybridized carbons (Fsp3) is 0.0870. The lowest BCUT2D eigenvalue weighted by atomic mass is 10.1. The zero-order valence-corrected chi connectivity index (χ0v) is 18.6. The molecule has 3 aromatic rings. The Hall–Kier alpha value is -3.69. The molecule has 1 unspecified atom stereocenters. The average molecular weight is 478 g/mol. The van der Waals surface area contributed by atoms with E-state index >= 15 is 0 Å². The summed E-state index contributed by atoms with van der Waals surface area (Å²) >= 11 is 7.61. The number of amides is 1. The van der Waals surface area contributed by atoms with E-state index in [-0.39, 0.29) is 11.6 Å². The van der Waals surface area contributed by atoms with Crippen LogP contribution in [-0.2, 0) is 10.5 Å². The highest BCUT2D eigenvalue weighted by Gasteiger charge is 2.34. The maximum atomic E-state index is 13.2. The van der Waals surface area contributed by atoms with Crippen molar-refractivity contribution >= 4 is 45.8 Å². The number of hydrazone groups is 1. The van der Waals surface area contributed by atoms with Gasteiger partial charge >= 0.3 is 0 Å². The third-order valence-electron chi connectivity index (χ3n) is 5.24. The Bertz CT molecular complexity index is 1420. The molecule has 2 aliphatic rings. The first-order valence-electron chi connectivity index (χ1n) is 9.98. The molecule has 164 valence electrons. The molecule has 3 aromatic carbocycles. The summed E-state index contributed by atoms with van der Waals surface area (Å²) in [5, 5.41) is 22.6. The third kappa shape index (κ3) is 4.08. The molecule has 0 aliphatic carbocycles. The highest BCUT2D eigenvalue weighted by molar-refractivity contribution is 8.13. The summed E-state index contributed by atoms with van der Waals surface area (Å²) < 4.78 is 0. The maximum absolute atomic E-state index is 13.2. The van der Waals surface area contributed by atoms with Gasteiger partial charge in [0.15, 0.2) is 11.3 Å². The minimum atomic E-state index is -0.641. The standard InChI is InChI=1S/C23H16ClN5O3S/c24-18-7-3-1-5-15(18)13-33-23-26-22(30)20-17-6-2-4-8-19(17)25-21(28(20)27-23)14-9-11-16(12-10-14)29(31)32/h1-12,21H,13H2,(H,26,27,30). The number of nitro benzene ring substituents is 1. The molecule has 2 heterocycles. The summed E-state index contributed by atoms with van der Waals surface area (Å²) in [6.07, 6.45) is -0.641. The molecule has 33 heavy (non-hydrogen) atoms. The van der Waals surface area contributed by atoms with E-state index in [0.717, 1.165) is 5.56 Å². The van der Waals surface area contributed by atoms with Crippen LogP contribution in [0, 0.1) is 10.1 Å². The van der Waals surface area contributed by atoms with Gasteiger partial charge in [0.1, 0.15) is 5.70 Å². The number of fused-ring (bicyclic) bond motifs is 2. The second-order valence-electron chi connectivity index (χ2n) is 7.30. The van der Waals surface area contributed by atoms with E-state index in [4.69, 9.17) is 16.6 Å². The Morgan fingerprint density at radius 2 is 1.79 bits per heavy atom. The average Bonchev–Trinajstić information content (AvgIpc) is 2.83. The van der Waals surface area contributed by atoms with Gasteiger partial charge in [-0.15, -0.1) is 5.10 Å². The first kappa shape index (κ1) is 21.2. The molecule has 2 aliphatic heterocycles. The summed E-state index contributed by atoms with van der Waals surface area (Å²) in [4.78, 5) is 28.6. The molecule has 0 aromatic heterocycles. The van der Waals surface area contributed by atoms with Gasteiger partial charge in [-0.1, -0.05) is 59.8 Å². The Morgan fingerprint density at radius 1 is 1.06 bits per heavy atom. The number of thioether (sulfide) groups is 1. The molecule has 1 N–H and O–H groups in total. The van der Waals surface area contributed by atoms with Crippen LogP contribution < -0.4 is 15.9 Å². The lowest BCUT2D eigenvalue weighted by molar-refractivity contribution is -0.384. The zero-order valence-electron chi connectivity index (χ0n) is 17.0. The van der Waals surface area contributed by atoms with E-state index in [9.17, 15) is 14.9 Å². The van der Waals surface area contributed by atoms with E-state index in [1.54, 1.807) is 17.1 Å². The Balaban J connectivity index is 1.55. The minimum Gasteiger partial charge on any atom is -0.298 e. The number of nitrogens with one attached hydrogen (secondary N) is 1. The number of non-ortho nitro benzene ring substituents is 1. The fourth-order valence-electron chi connectivity index (χ4n) is 3.64. The number of amidine groups is 1. The number of nitro groups is 1. The molecular weight excluding hydrogens is 462 g/mol. The lowest BCUT2D eigenvalue weighted by Crippen LogP contribution is -2.50. The van der Waals surface area contributed by atoms with E-state index in [1.165, 1.54) is 23.9 Å². The monoisotopic (exact) mass is 477 g/mol. The molecule has 1 amide bonds. The summed E-state index contributed by atoms with van der Waals surface area (Å²) in [7, 11) is 0. The number of carbonyl (C=O) groups is 1. The van der Waals surface area contributed by atoms with Crippen LogP contribution in [0.15, 0.2) is 82.9 Å². The van der Waals surface area contributed by atoms with Crippen LogP contribution in [0.25, 0.3) is 5.70 Å². The van der Waals surface area contributed by atoms with Gasteiger partial charge in [0.05, 0.1) is 10.3 Å². The topological polar surface area (TPSA) is 100 Å². The number of halogens is 1. The first-order chi connectivity index (χ1) is 16.0. The van der Waals surface area contributed by atoms with E-state index < -0.39 is 11.1 Å². The number of benzene rings is 3. The van der Waals surface area contributed by atoms with Crippen LogP contribution >= 0.6 is 23.4 Å². The second kappa shape index (κ2) is 8.68. The highest BCUT2D eigenvalue weighted by atomic mass is 35.5. The zero-order chi connectivity index (χ0) is 22.9. The smallest absolute Gasteiger partial charge is 0.276 e. The molecular formula is C23H16ClN5O3S. The van der Waals surface area contributed by atoms with Crippen molar-refractivity contribution in [2.45, 2.75) is 11.9 Å². The van der Waals surface area contributed by atoms with Gasteiger partial charge in [-0.05, 0) is 35.4 Å². The van der Waals surface area contributed by atoms with Gasteiger partial charge in [0.25, 0.3) is 11.6 Å². The third-order valence-corrected chi connectivity index (χ3v) is 6.52. The largest absolute Gasteiger partial charge is 0.298 e. The van der Waals surface area contributed by atoms with Crippen LogP contribution in [0.2, 0.25) is 5.02 Å². The number of hydrogen-bond donors (Lipinski definition) is 1. The molecule has 0 spiro atoms. The van der Waals surface area contributed by atoms with Crippen molar-refractivity contribution in [2.75, 3.05) is 0 Å². The molecule has 1 atom stereocenters. The van der Waals surface area contributed by atoms with Crippen molar-refractivity contribution in [2.24, 2.45) is 10.1 Å². The summed E-state index contributed by atoms with van der Waals surface area (Å²) in [5.74, 6) is 0.235. The van der Waals surface area contributed by atoms with Crippen molar-refractivity contribution < 1.29 is 9.72 Å². The summed E-state index contributed by atoms with van der Waals surface area (Å²) in [5.41, 5.74) is 1.97. The summed E-state index contributed by atoms with van der Waals surface area (Å²) in [6.45, 7) is 0. The number of rotatable bonds is 4. The molecule has 0 radical (unpaired) electrons. The second-order valence-corrected chi connectivity index (χ2v) is 8.67. The molecule has 8 nitrogen and oxygen atoms in total. The predicted molar refractivity (Wildman–Crippen MR) is 127 cm³/mol. The van der Waals surface area contributed by atoms with E-state index in [1.807, 2.05) is 48.5 Å². The first-order valence-corrected chi connectivity index (χ1v) is 11.3. The van der Waals surface area contributed by atoms with Gasteiger partial charge in [0, 0.05) is 28.1 Å². The maximum Gasteiger partial charge on any atom is 0.276 e. The van der Waals surface area contributed by atoms with Crippen molar-refractivity contribution in [1.29, 1.82) is 0 Å². The Morgan fingerprint density at radius 3 is 2.55 bits per heavy atom. The van der Waals surface area contributed by atoms with Crippen LogP contribution in [0.4, 0.5) is 5.69 Å². The van der Waals surface area contributed by atoms with Crippen molar-refractivity contribution in [1.82, 2.24) is 10.3 Å².